The van der Waals surface area contributed by atoms with Gasteiger partial charge in [0, 0.05) is 39.1 Å². The molecule has 31 heavy (non-hydrogen) atoms. The average Bonchev–Trinajstić information content (AvgIpc) is 3.45. The lowest BCUT2D eigenvalue weighted by Gasteiger charge is -2.38. The molecule has 0 aromatic heterocycles. The van der Waals surface area contributed by atoms with Crippen molar-refractivity contribution in [3.05, 3.63) is 29.8 Å². The van der Waals surface area contributed by atoms with Crippen LogP contribution in [0, 0.1) is 17.3 Å². The van der Waals surface area contributed by atoms with Crippen LogP contribution in [0.15, 0.2) is 24.3 Å². The third-order valence-corrected chi connectivity index (χ3v) is 8.16. The fraction of sp³-hybridized carbons (Fsp3) is 0.720. The molecule has 1 aromatic carbocycles. The SMILES string of the molecule is O=C1CC2(CCN(CC(O)COc3ccc(CN4C[C@H]5CCC[C@H]5C4)cc3)CC2)CN1. The summed E-state index contributed by atoms with van der Waals surface area (Å²) < 4.78 is 5.86. The highest BCUT2D eigenvalue weighted by Gasteiger charge is 2.41. The second kappa shape index (κ2) is 9.08. The minimum atomic E-state index is -0.499. The number of aliphatic hydroxyl groups excluding tert-OH is 1. The molecule has 0 bridgehead atoms. The maximum absolute atomic E-state index is 11.6. The Morgan fingerprint density at radius 1 is 1.10 bits per heavy atom. The van der Waals surface area contributed by atoms with Crippen molar-refractivity contribution in [1.29, 1.82) is 0 Å². The van der Waals surface area contributed by atoms with Gasteiger partial charge in [0.05, 0.1) is 0 Å². The van der Waals surface area contributed by atoms with E-state index in [2.05, 4.69) is 27.2 Å². The van der Waals surface area contributed by atoms with Crippen LogP contribution in [-0.4, -0.2) is 72.8 Å². The maximum atomic E-state index is 11.6. The number of nitrogens with zero attached hydrogens (tertiary/aromatic N) is 2. The Bertz CT molecular complexity index is 748. The van der Waals surface area contributed by atoms with E-state index < -0.39 is 6.10 Å². The van der Waals surface area contributed by atoms with Crippen molar-refractivity contribution in [2.45, 2.75) is 51.2 Å². The molecule has 5 rings (SSSR count). The van der Waals surface area contributed by atoms with Crippen molar-refractivity contribution in [1.82, 2.24) is 15.1 Å². The van der Waals surface area contributed by atoms with E-state index in [1.165, 1.54) is 37.9 Å². The van der Waals surface area contributed by atoms with Crippen LogP contribution in [0.25, 0.3) is 0 Å². The van der Waals surface area contributed by atoms with Gasteiger partial charge in [-0.1, -0.05) is 18.6 Å². The number of aliphatic hydroxyl groups is 1. The van der Waals surface area contributed by atoms with E-state index in [0.29, 0.717) is 19.6 Å². The van der Waals surface area contributed by atoms with Gasteiger partial charge in [0.1, 0.15) is 18.5 Å². The molecule has 4 fully saturated rings. The van der Waals surface area contributed by atoms with Gasteiger partial charge in [-0.3, -0.25) is 9.69 Å². The summed E-state index contributed by atoms with van der Waals surface area (Å²) in [4.78, 5) is 16.5. The summed E-state index contributed by atoms with van der Waals surface area (Å²) in [5, 5.41) is 13.4. The molecule has 1 unspecified atom stereocenters. The van der Waals surface area contributed by atoms with E-state index in [1.807, 2.05) is 12.1 Å². The lowest BCUT2D eigenvalue weighted by atomic mass is 9.77. The number of amides is 1. The molecule has 3 heterocycles. The van der Waals surface area contributed by atoms with Gasteiger partial charge >= 0.3 is 0 Å². The second-order valence-corrected chi connectivity index (χ2v) is 10.5. The molecule has 1 saturated carbocycles. The van der Waals surface area contributed by atoms with Gasteiger partial charge in [0.25, 0.3) is 0 Å². The topological polar surface area (TPSA) is 65.0 Å². The zero-order valence-corrected chi connectivity index (χ0v) is 18.6. The van der Waals surface area contributed by atoms with E-state index in [1.54, 1.807) is 0 Å². The molecule has 170 valence electrons. The first-order chi connectivity index (χ1) is 15.1. The smallest absolute Gasteiger partial charge is 0.220 e. The van der Waals surface area contributed by atoms with Crippen molar-refractivity contribution < 1.29 is 14.6 Å². The predicted molar refractivity (Wildman–Crippen MR) is 120 cm³/mol. The van der Waals surface area contributed by atoms with E-state index in [4.69, 9.17) is 4.74 Å². The average molecular weight is 428 g/mol. The first-order valence-corrected chi connectivity index (χ1v) is 12.2. The molecule has 3 aliphatic heterocycles. The monoisotopic (exact) mass is 427 g/mol. The number of β-amino-alcohol motifs (C(OH)–C–C–N with tert-alkyl or cyclic N) is 1. The van der Waals surface area contributed by atoms with Crippen molar-refractivity contribution in [2.24, 2.45) is 17.3 Å². The standard InChI is InChI=1S/C25H37N3O3/c29-22(16-27-10-8-25(9-11-27)12-24(30)26-18-25)17-31-23-6-4-19(5-7-23)13-28-14-20-2-1-3-21(20)15-28/h4-7,20-22,29H,1-3,8-18H2,(H,26,30)/t20-,21+,22?. The molecule has 3 saturated heterocycles. The fourth-order valence-corrected chi connectivity index (χ4v) is 6.27. The van der Waals surface area contributed by atoms with Gasteiger partial charge < -0.3 is 20.1 Å². The Balaban J connectivity index is 1.02. The molecule has 4 aliphatic rings. The Morgan fingerprint density at radius 2 is 1.81 bits per heavy atom. The van der Waals surface area contributed by atoms with Crippen molar-refractivity contribution in [2.75, 3.05) is 45.9 Å². The summed E-state index contributed by atoms with van der Waals surface area (Å²) in [6.07, 6.45) is 6.50. The molecule has 0 radical (unpaired) electrons. The lowest BCUT2D eigenvalue weighted by molar-refractivity contribution is -0.119. The third-order valence-electron chi connectivity index (χ3n) is 8.16. The van der Waals surface area contributed by atoms with Crippen molar-refractivity contribution >= 4 is 5.91 Å². The minimum Gasteiger partial charge on any atom is -0.491 e. The zero-order chi connectivity index (χ0) is 21.3. The van der Waals surface area contributed by atoms with Crippen LogP contribution in [-0.2, 0) is 11.3 Å². The van der Waals surface area contributed by atoms with Crippen LogP contribution in [0.1, 0.15) is 44.1 Å². The third kappa shape index (κ3) is 5.07. The van der Waals surface area contributed by atoms with Crippen molar-refractivity contribution in [3.63, 3.8) is 0 Å². The Kier molecular flexibility index (Phi) is 6.22. The van der Waals surface area contributed by atoms with Crippen molar-refractivity contribution in [3.8, 4) is 5.75 Å². The molecule has 3 atom stereocenters. The van der Waals surface area contributed by atoms with Gasteiger partial charge in [-0.15, -0.1) is 0 Å². The van der Waals surface area contributed by atoms with Crippen LogP contribution < -0.4 is 10.1 Å². The summed E-state index contributed by atoms with van der Waals surface area (Å²) in [6.45, 7) is 7.22. The van der Waals surface area contributed by atoms with Gasteiger partial charge in [-0.25, -0.2) is 0 Å². The highest BCUT2D eigenvalue weighted by molar-refractivity contribution is 5.79. The number of piperidine rings is 1. The Morgan fingerprint density at radius 3 is 2.45 bits per heavy atom. The second-order valence-electron chi connectivity index (χ2n) is 10.5. The number of carbonyl (C=O) groups excluding carboxylic acids is 1. The van der Waals surface area contributed by atoms with Crippen LogP contribution in [0.2, 0.25) is 0 Å². The molecule has 2 N–H and O–H groups in total. The first kappa shape index (κ1) is 21.2. The normalized spacial score (nSPS) is 29.3. The molecular formula is C25H37N3O3. The predicted octanol–water partition coefficient (Wildman–Crippen LogP) is 2.26. The van der Waals surface area contributed by atoms with E-state index in [-0.39, 0.29) is 11.3 Å². The van der Waals surface area contributed by atoms with Gasteiger partial charge in [0.2, 0.25) is 5.91 Å². The number of rotatable bonds is 7. The number of hydrogen-bond acceptors (Lipinski definition) is 5. The number of carbonyl (C=O) groups is 1. The van der Waals surface area contributed by atoms with E-state index in [9.17, 15) is 9.90 Å². The molecule has 1 spiro atoms. The number of nitrogens with one attached hydrogen (secondary N) is 1. The van der Waals surface area contributed by atoms with Crippen LogP contribution >= 0.6 is 0 Å². The summed E-state index contributed by atoms with van der Waals surface area (Å²) in [5.41, 5.74) is 1.50. The quantitative estimate of drug-likeness (QED) is 0.699. The molecule has 6 heteroatoms. The van der Waals surface area contributed by atoms with E-state index in [0.717, 1.165) is 56.6 Å². The number of fused-ring (bicyclic) bond motifs is 1. The summed E-state index contributed by atoms with van der Waals surface area (Å²) in [6, 6.07) is 8.40. The molecular weight excluding hydrogens is 390 g/mol. The number of hydrogen-bond donors (Lipinski definition) is 2. The summed E-state index contributed by atoms with van der Waals surface area (Å²) in [5.74, 6) is 2.89. The van der Waals surface area contributed by atoms with Crippen LogP contribution in [0.3, 0.4) is 0 Å². The minimum absolute atomic E-state index is 0.157. The Labute approximate surface area is 185 Å². The number of benzene rings is 1. The van der Waals surface area contributed by atoms with Gasteiger partial charge in [-0.2, -0.15) is 0 Å². The van der Waals surface area contributed by atoms with E-state index >= 15 is 0 Å². The largest absolute Gasteiger partial charge is 0.491 e. The highest BCUT2D eigenvalue weighted by Crippen LogP contribution is 2.38. The zero-order valence-electron chi connectivity index (χ0n) is 18.6. The highest BCUT2D eigenvalue weighted by atomic mass is 16.5. The Hall–Kier alpha value is -1.63. The van der Waals surface area contributed by atoms with Crippen LogP contribution in [0.4, 0.5) is 0 Å². The summed E-state index contributed by atoms with van der Waals surface area (Å²) >= 11 is 0. The summed E-state index contributed by atoms with van der Waals surface area (Å²) in [7, 11) is 0. The number of likely N-dealkylation sites (tertiary alicyclic amines) is 2. The first-order valence-electron chi connectivity index (χ1n) is 12.2. The number of ether oxygens (including phenoxy) is 1. The maximum Gasteiger partial charge on any atom is 0.220 e. The molecule has 1 aliphatic carbocycles. The van der Waals surface area contributed by atoms with Crippen LogP contribution in [0.5, 0.6) is 5.75 Å². The molecule has 1 aromatic rings. The molecule has 1 amide bonds. The van der Waals surface area contributed by atoms with Gasteiger partial charge in [0.15, 0.2) is 0 Å². The lowest BCUT2D eigenvalue weighted by Crippen LogP contribution is -2.45. The molecule has 6 nitrogen and oxygen atoms in total. The van der Waals surface area contributed by atoms with Gasteiger partial charge in [-0.05, 0) is 73.7 Å². The fourth-order valence-electron chi connectivity index (χ4n) is 6.27.